The van der Waals surface area contributed by atoms with Crippen molar-refractivity contribution in [1.82, 2.24) is 0 Å². The lowest BCUT2D eigenvalue weighted by Crippen LogP contribution is -3.08. The number of aryl methyl sites for hydroxylation is 1. The smallest absolute Gasteiger partial charge is 0.280 e. The summed E-state index contributed by atoms with van der Waals surface area (Å²) in [6.07, 6.45) is 0. The van der Waals surface area contributed by atoms with Crippen molar-refractivity contribution in [2.24, 2.45) is 0 Å². The van der Waals surface area contributed by atoms with Gasteiger partial charge in [-0.3, -0.25) is 4.79 Å². The number of carboxylic acids is 1. The fourth-order valence-corrected chi connectivity index (χ4v) is 3.48. The number of amides is 1. The van der Waals surface area contributed by atoms with Crippen LogP contribution in [0.15, 0.2) is 30.3 Å². The fraction of sp³-hybridized carbons (Fsp3) is 0.294. The maximum Gasteiger partial charge on any atom is 0.280 e. The Hall–Kier alpha value is -2.18. The van der Waals surface area contributed by atoms with Crippen LogP contribution in [-0.2, 0) is 11.3 Å². The molecule has 0 fully saturated rings. The molecular formula is C17H20N2O3S. The SMILES string of the molecule is Cc1sc(NC(=O)C[NH+](C)Cc2ccccc2)c(C(=O)[O-])c1C. The second-order valence-corrected chi connectivity index (χ2v) is 6.84. The zero-order valence-electron chi connectivity index (χ0n) is 13.4. The van der Waals surface area contributed by atoms with E-state index >= 15 is 0 Å². The van der Waals surface area contributed by atoms with Crippen molar-refractivity contribution in [2.45, 2.75) is 20.4 Å². The largest absolute Gasteiger partial charge is 0.545 e. The molecule has 0 aliphatic carbocycles. The van der Waals surface area contributed by atoms with Crippen molar-refractivity contribution in [3.8, 4) is 0 Å². The summed E-state index contributed by atoms with van der Waals surface area (Å²) in [5.41, 5.74) is 1.88. The third kappa shape index (κ3) is 4.40. The van der Waals surface area contributed by atoms with Crippen molar-refractivity contribution in [3.05, 3.63) is 51.9 Å². The van der Waals surface area contributed by atoms with Crippen molar-refractivity contribution < 1.29 is 19.6 Å². The van der Waals surface area contributed by atoms with E-state index in [9.17, 15) is 14.7 Å². The van der Waals surface area contributed by atoms with E-state index in [0.29, 0.717) is 10.6 Å². The number of nitrogens with one attached hydrogen (secondary N) is 2. The molecule has 2 aromatic rings. The number of hydrogen-bond donors (Lipinski definition) is 2. The maximum atomic E-state index is 12.2. The van der Waals surface area contributed by atoms with Crippen LogP contribution < -0.4 is 15.3 Å². The molecule has 1 aromatic carbocycles. The second kappa shape index (κ2) is 7.39. The number of hydrogen-bond acceptors (Lipinski definition) is 4. The van der Waals surface area contributed by atoms with Gasteiger partial charge in [-0.2, -0.15) is 0 Å². The van der Waals surface area contributed by atoms with Crippen molar-refractivity contribution in [2.75, 3.05) is 18.9 Å². The number of aromatic carboxylic acids is 1. The summed E-state index contributed by atoms with van der Waals surface area (Å²) in [4.78, 5) is 25.3. The number of thiophene rings is 1. The van der Waals surface area contributed by atoms with Crippen LogP contribution in [0.25, 0.3) is 0 Å². The normalized spacial score (nSPS) is 12.0. The van der Waals surface area contributed by atoms with E-state index in [0.717, 1.165) is 21.9 Å². The quantitative estimate of drug-likeness (QED) is 0.803. The van der Waals surface area contributed by atoms with E-state index in [1.54, 1.807) is 6.92 Å². The lowest BCUT2D eigenvalue weighted by Gasteiger charge is -2.14. The molecule has 1 heterocycles. The van der Waals surface area contributed by atoms with Crippen LogP contribution in [0.5, 0.6) is 0 Å². The Labute approximate surface area is 139 Å². The Kier molecular flexibility index (Phi) is 5.52. The summed E-state index contributed by atoms with van der Waals surface area (Å²) in [5.74, 6) is -1.46. The number of carbonyl (C=O) groups excluding carboxylic acids is 2. The van der Waals surface area contributed by atoms with Crippen LogP contribution in [0.1, 0.15) is 26.4 Å². The van der Waals surface area contributed by atoms with Gasteiger partial charge in [-0.25, -0.2) is 0 Å². The van der Waals surface area contributed by atoms with Gasteiger partial charge < -0.3 is 20.1 Å². The molecule has 1 amide bonds. The molecule has 1 unspecified atom stereocenters. The summed E-state index contributed by atoms with van der Waals surface area (Å²) < 4.78 is 0. The molecule has 0 saturated heterocycles. The van der Waals surface area contributed by atoms with E-state index in [4.69, 9.17) is 0 Å². The monoisotopic (exact) mass is 332 g/mol. The molecule has 122 valence electrons. The molecule has 2 N–H and O–H groups in total. The Morgan fingerprint density at radius 1 is 1.22 bits per heavy atom. The maximum absolute atomic E-state index is 12.2. The molecule has 5 nitrogen and oxygen atoms in total. The highest BCUT2D eigenvalue weighted by Gasteiger charge is 2.17. The highest BCUT2D eigenvalue weighted by Crippen LogP contribution is 2.31. The van der Waals surface area contributed by atoms with Gasteiger partial charge in [0.25, 0.3) is 5.91 Å². The molecule has 0 aliphatic heterocycles. The molecule has 23 heavy (non-hydrogen) atoms. The average molecular weight is 332 g/mol. The van der Waals surface area contributed by atoms with Crippen LogP contribution in [0.4, 0.5) is 5.00 Å². The van der Waals surface area contributed by atoms with E-state index in [1.807, 2.05) is 44.3 Å². The predicted molar refractivity (Wildman–Crippen MR) is 88.7 cm³/mol. The number of carbonyl (C=O) groups is 2. The highest BCUT2D eigenvalue weighted by atomic mass is 32.1. The summed E-state index contributed by atoms with van der Waals surface area (Å²) >= 11 is 1.27. The molecule has 1 atom stereocenters. The summed E-state index contributed by atoms with van der Waals surface area (Å²) in [6.45, 7) is 4.54. The van der Waals surface area contributed by atoms with Crippen LogP contribution in [0, 0.1) is 13.8 Å². The average Bonchev–Trinajstić information content (AvgIpc) is 2.74. The zero-order valence-corrected chi connectivity index (χ0v) is 14.3. The number of anilines is 1. The molecule has 0 bridgehead atoms. The first-order valence-electron chi connectivity index (χ1n) is 7.35. The molecule has 0 radical (unpaired) electrons. The molecule has 2 rings (SSSR count). The first-order chi connectivity index (χ1) is 10.9. The Bertz CT molecular complexity index is 710. The van der Waals surface area contributed by atoms with Gasteiger partial charge >= 0.3 is 0 Å². The predicted octanol–water partition coefficient (Wildman–Crippen LogP) is 0.382. The van der Waals surface area contributed by atoms with Gasteiger partial charge in [-0.1, -0.05) is 30.3 Å². The minimum absolute atomic E-state index is 0.0848. The number of carboxylic acid groups (broad SMARTS) is 1. The Morgan fingerprint density at radius 3 is 2.48 bits per heavy atom. The second-order valence-electron chi connectivity index (χ2n) is 5.62. The molecule has 1 aromatic heterocycles. The van der Waals surface area contributed by atoms with Gasteiger partial charge in [-0.05, 0) is 19.4 Å². The Balaban J connectivity index is 2.00. The van der Waals surface area contributed by atoms with Crippen LogP contribution in [0.3, 0.4) is 0 Å². The minimum atomic E-state index is -1.26. The zero-order chi connectivity index (χ0) is 17.0. The van der Waals surface area contributed by atoms with E-state index in [-0.39, 0.29) is 18.0 Å². The fourth-order valence-electron chi connectivity index (χ4n) is 2.41. The number of benzene rings is 1. The standard InChI is InChI=1S/C17H20N2O3S/c1-11-12(2)23-16(15(11)17(21)22)18-14(20)10-19(3)9-13-7-5-4-6-8-13/h4-8H,9-10H2,1-3H3,(H,18,20)(H,21,22). The number of rotatable bonds is 6. The topological polar surface area (TPSA) is 73.7 Å². The van der Waals surface area contributed by atoms with Crippen LogP contribution in [0.2, 0.25) is 0 Å². The number of quaternary nitrogens is 1. The van der Waals surface area contributed by atoms with Gasteiger partial charge in [0.2, 0.25) is 0 Å². The van der Waals surface area contributed by atoms with Gasteiger partial charge in [-0.15, -0.1) is 11.3 Å². The lowest BCUT2D eigenvalue weighted by atomic mass is 10.1. The minimum Gasteiger partial charge on any atom is -0.545 e. The lowest BCUT2D eigenvalue weighted by molar-refractivity contribution is -0.885. The van der Waals surface area contributed by atoms with Crippen LogP contribution in [-0.4, -0.2) is 25.5 Å². The van der Waals surface area contributed by atoms with Gasteiger partial charge in [0.1, 0.15) is 11.5 Å². The van der Waals surface area contributed by atoms with E-state index in [2.05, 4.69) is 5.32 Å². The highest BCUT2D eigenvalue weighted by molar-refractivity contribution is 7.16. The molecule has 0 aliphatic rings. The summed E-state index contributed by atoms with van der Waals surface area (Å²) in [7, 11) is 1.93. The van der Waals surface area contributed by atoms with E-state index in [1.165, 1.54) is 11.3 Å². The van der Waals surface area contributed by atoms with Crippen molar-refractivity contribution >= 4 is 28.2 Å². The van der Waals surface area contributed by atoms with E-state index < -0.39 is 5.97 Å². The summed E-state index contributed by atoms with van der Waals surface area (Å²) in [5, 5.41) is 14.3. The molecule has 0 saturated carbocycles. The molecule has 0 spiro atoms. The number of likely N-dealkylation sites (N-methyl/N-ethyl adjacent to an activating group) is 1. The third-order valence-electron chi connectivity index (χ3n) is 3.65. The van der Waals surface area contributed by atoms with Crippen molar-refractivity contribution in [1.29, 1.82) is 0 Å². The third-order valence-corrected chi connectivity index (χ3v) is 4.78. The molecular weight excluding hydrogens is 312 g/mol. The Morgan fingerprint density at radius 2 is 1.87 bits per heavy atom. The first-order valence-corrected chi connectivity index (χ1v) is 8.16. The van der Waals surface area contributed by atoms with Gasteiger partial charge in [0.15, 0.2) is 6.54 Å². The van der Waals surface area contributed by atoms with Gasteiger partial charge in [0.05, 0.1) is 13.0 Å². The van der Waals surface area contributed by atoms with Crippen molar-refractivity contribution in [3.63, 3.8) is 0 Å². The van der Waals surface area contributed by atoms with Gasteiger partial charge in [0, 0.05) is 16.0 Å². The summed E-state index contributed by atoms with van der Waals surface area (Å²) in [6, 6.07) is 9.91. The first kappa shape index (κ1) is 17.2. The molecule has 6 heteroatoms. The van der Waals surface area contributed by atoms with Crippen LogP contribution >= 0.6 is 11.3 Å².